The third kappa shape index (κ3) is 5.02. The van der Waals surface area contributed by atoms with Crippen molar-refractivity contribution in [2.24, 2.45) is 5.92 Å². The van der Waals surface area contributed by atoms with Crippen LogP contribution in [0.3, 0.4) is 0 Å². The zero-order chi connectivity index (χ0) is 18.5. The fourth-order valence-corrected chi connectivity index (χ4v) is 3.37. The molecule has 1 aromatic carbocycles. The molecule has 1 fully saturated rings. The molecule has 2 N–H and O–H groups in total. The molecule has 1 atom stereocenters. The molecule has 26 heavy (non-hydrogen) atoms. The lowest BCUT2D eigenvalue weighted by molar-refractivity contribution is 0.0697. The van der Waals surface area contributed by atoms with Crippen molar-refractivity contribution in [1.29, 1.82) is 0 Å². The van der Waals surface area contributed by atoms with Crippen molar-refractivity contribution >= 4 is 11.9 Å². The summed E-state index contributed by atoms with van der Waals surface area (Å²) in [6, 6.07) is 7.56. The van der Waals surface area contributed by atoms with Gasteiger partial charge in [-0.05, 0) is 56.8 Å². The highest BCUT2D eigenvalue weighted by molar-refractivity contribution is 5.87. The summed E-state index contributed by atoms with van der Waals surface area (Å²) in [6.07, 6.45) is 5.95. The normalized spacial score (nSPS) is 17.6. The van der Waals surface area contributed by atoms with Gasteiger partial charge in [-0.25, -0.2) is 14.8 Å². The molecule has 2 heterocycles. The molecule has 1 aliphatic rings. The number of aromatic carboxylic acids is 1. The molecule has 138 valence electrons. The van der Waals surface area contributed by atoms with E-state index in [9.17, 15) is 4.79 Å². The minimum absolute atomic E-state index is 0.324. The first-order chi connectivity index (χ1) is 12.5. The molecule has 0 spiro atoms. The smallest absolute Gasteiger partial charge is 0.335 e. The summed E-state index contributed by atoms with van der Waals surface area (Å²) in [5, 5.41) is 12.2. The fourth-order valence-electron chi connectivity index (χ4n) is 3.37. The molecule has 1 aromatic heterocycles. The summed E-state index contributed by atoms with van der Waals surface area (Å²) in [7, 11) is 0. The van der Waals surface area contributed by atoms with E-state index in [4.69, 9.17) is 5.11 Å². The monoisotopic (exact) mass is 354 g/mol. The fraction of sp³-hybridized carbons (Fsp3) is 0.450. The Kier molecular flexibility index (Phi) is 5.83. The van der Waals surface area contributed by atoms with Gasteiger partial charge in [0, 0.05) is 37.1 Å². The lowest BCUT2D eigenvalue weighted by Gasteiger charge is -2.16. The number of nitrogens with one attached hydrogen (secondary N) is 1. The average molecular weight is 354 g/mol. The predicted octanol–water partition coefficient (Wildman–Crippen LogP) is 3.06. The van der Waals surface area contributed by atoms with E-state index in [0.29, 0.717) is 23.5 Å². The second-order valence-electron chi connectivity index (χ2n) is 7.31. The van der Waals surface area contributed by atoms with Crippen molar-refractivity contribution in [2.45, 2.75) is 39.3 Å². The van der Waals surface area contributed by atoms with Crippen molar-refractivity contribution in [3.63, 3.8) is 0 Å². The summed E-state index contributed by atoms with van der Waals surface area (Å²) >= 11 is 0. The van der Waals surface area contributed by atoms with E-state index in [0.717, 1.165) is 38.0 Å². The van der Waals surface area contributed by atoms with Crippen LogP contribution in [-0.2, 0) is 13.0 Å². The number of hydrogen-bond acceptors (Lipinski definition) is 5. The zero-order valence-corrected chi connectivity index (χ0v) is 15.4. The molecule has 0 unspecified atom stereocenters. The van der Waals surface area contributed by atoms with Crippen LogP contribution in [0.1, 0.15) is 41.8 Å². The molecule has 6 nitrogen and oxygen atoms in total. The first-order valence-corrected chi connectivity index (χ1v) is 9.11. The SMILES string of the molecule is CC(C)Nc1ncc(CN2CC[C@H](Cc3ccc(C(=O)O)cc3)C2)cn1. The number of likely N-dealkylation sites (tertiary alicyclic amines) is 1. The van der Waals surface area contributed by atoms with Crippen LogP contribution in [0.15, 0.2) is 36.7 Å². The number of hydrogen-bond donors (Lipinski definition) is 2. The van der Waals surface area contributed by atoms with Crippen LogP contribution < -0.4 is 5.32 Å². The van der Waals surface area contributed by atoms with Gasteiger partial charge >= 0.3 is 5.97 Å². The number of aromatic nitrogens is 2. The zero-order valence-electron chi connectivity index (χ0n) is 15.4. The van der Waals surface area contributed by atoms with E-state index >= 15 is 0 Å². The van der Waals surface area contributed by atoms with Gasteiger partial charge in [-0.2, -0.15) is 0 Å². The standard InChI is InChI=1S/C20H26N4O2/c1-14(2)23-20-21-10-17(11-22-20)13-24-8-7-16(12-24)9-15-3-5-18(6-4-15)19(25)26/h3-6,10-11,14,16H,7-9,12-13H2,1-2H3,(H,25,26)(H,21,22,23)/t16-/m1/s1. The van der Waals surface area contributed by atoms with Gasteiger partial charge in [0.1, 0.15) is 0 Å². The molecule has 0 amide bonds. The number of rotatable bonds is 7. The van der Waals surface area contributed by atoms with Gasteiger partial charge in [-0.1, -0.05) is 12.1 Å². The lowest BCUT2D eigenvalue weighted by atomic mass is 9.98. The lowest BCUT2D eigenvalue weighted by Crippen LogP contribution is -2.21. The molecule has 3 rings (SSSR count). The maximum absolute atomic E-state index is 10.9. The summed E-state index contributed by atoms with van der Waals surface area (Å²) in [4.78, 5) is 22.1. The summed E-state index contributed by atoms with van der Waals surface area (Å²) < 4.78 is 0. The van der Waals surface area contributed by atoms with Gasteiger partial charge in [-0.15, -0.1) is 0 Å². The summed E-state index contributed by atoms with van der Waals surface area (Å²) in [5.41, 5.74) is 2.68. The minimum atomic E-state index is -0.875. The highest BCUT2D eigenvalue weighted by Crippen LogP contribution is 2.22. The highest BCUT2D eigenvalue weighted by Gasteiger charge is 2.23. The molecule has 2 aromatic rings. The van der Waals surface area contributed by atoms with Gasteiger partial charge < -0.3 is 10.4 Å². The molecular weight excluding hydrogens is 328 g/mol. The van der Waals surface area contributed by atoms with E-state index < -0.39 is 5.97 Å². The summed E-state index contributed by atoms with van der Waals surface area (Å²) in [6.45, 7) is 7.13. The third-order valence-corrected chi connectivity index (χ3v) is 4.62. The molecule has 1 saturated heterocycles. The quantitative estimate of drug-likeness (QED) is 0.796. The van der Waals surface area contributed by atoms with E-state index in [1.165, 1.54) is 5.56 Å². The molecule has 6 heteroatoms. The Balaban J connectivity index is 1.49. The molecule has 0 bridgehead atoms. The predicted molar refractivity (Wildman–Crippen MR) is 101 cm³/mol. The first kappa shape index (κ1) is 18.3. The van der Waals surface area contributed by atoms with Gasteiger partial charge in [0.05, 0.1) is 5.56 Å². The molecule has 0 saturated carbocycles. The van der Waals surface area contributed by atoms with Crippen molar-refractivity contribution in [2.75, 3.05) is 18.4 Å². The van der Waals surface area contributed by atoms with Crippen LogP contribution in [0, 0.1) is 5.92 Å². The van der Waals surface area contributed by atoms with Gasteiger partial charge in [0.2, 0.25) is 5.95 Å². The Morgan fingerprint density at radius 3 is 2.54 bits per heavy atom. The van der Waals surface area contributed by atoms with E-state index in [1.807, 2.05) is 24.5 Å². The number of carboxylic acids is 1. The van der Waals surface area contributed by atoms with Crippen LogP contribution in [0.5, 0.6) is 0 Å². The van der Waals surface area contributed by atoms with Crippen LogP contribution in [0.25, 0.3) is 0 Å². The molecule has 1 aliphatic heterocycles. The average Bonchev–Trinajstić information content (AvgIpc) is 3.03. The second-order valence-corrected chi connectivity index (χ2v) is 7.31. The summed E-state index contributed by atoms with van der Waals surface area (Å²) in [5.74, 6) is 0.404. The third-order valence-electron chi connectivity index (χ3n) is 4.62. The van der Waals surface area contributed by atoms with E-state index in [1.54, 1.807) is 12.1 Å². The maximum Gasteiger partial charge on any atom is 0.335 e. The Bertz CT molecular complexity index is 728. The Morgan fingerprint density at radius 1 is 1.23 bits per heavy atom. The molecular formula is C20H26N4O2. The molecule has 0 radical (unpaired) electrons. The maximum atomic E-state index is 10.9. The van der Waals surface area contributed by atoms with Gasteiger partial charge in [0.15, 0.2) is 0 Å². The van der Waals surface area contributed by atoms with Gasteiger partial charge in [-0.3, -0.25) is 4.90 Å². The second kappa shape index (κ2) is 8.27. The number of nitrogens with zero attached hydrogens (tertiary/aromatic N) is 3. The molecule has 0 aliphatic carbocycles. The highest BCUT2D eigenvalue weighted by atomic mass is 16.4. The van der Waals surface area contributed by atoms with Crippen molar-refractivity contribution < 1.29 is 9.90 Å². The number of carboxylic acid groups (broad SMARTS) is 1. The van der Waals surface area contributed by atoms with Crippen LogP contribution in [0.4, 0.5) is 5.95 Å². The van der Waals surface area contributed by atoms with Crippen LogP contribution >= 0.6 is 0 Å². The van der Waals surface area contributed by atoms with Crippen molar-refractivity contribution in [3.05, 3.63) is 53.3 Å². The minimum Gasteiger partial charge on any atom is -0.478 e. The first-order valence-electron chi connectivity index (χ1n) is 9.11. The van der Waals surface area contributed by atoms with E-state index in [2.05, 4.69) is 34.0 Å². The Hall–Kier alpha value is -2.47. The Labute approximate surface area is 154 Å². The number of anilines is 1. The topological polar surface area (TPSA) is 78.4 Å². The van der Waals surface area contributed by atoms with E-state index in [-0.39, 0.29) is 0 Å². The van der Waals surface area contributed by atoms with Crippen LogP contribution in [-0.4, -0.2) is 45.1 Å². The van der Waals surface area contributed by atoms with Crippen molar-refractivity contribution in [3.8, 4) is 0 Å². The van der Waals surface area contributed by atoms with Crippen LogP contribution in [0.2, 0.25) is 0 Å². The Morgan fingerprint density at radius 2 is 1.92 bits per heavy atom. The largest absolute Gasteiger partial charge is 0.478 e. The number of carbonyl (C=O) groups is 1. The van der Waals surface area contributed by atoms with Gasteiger partial charge in [0.25, 0.3) is 0 Å². The van der Waals surface area contributed by atoms with Crippen molar-refractivity contribution in [1.82, 2.24) is 14.9 Å². The number of benzene rings is 1.